The summed E-state index contributed by atoms with van der Waals surface area (Å²) in [6, 6.07) is 1.83. The van der Waals surface area contributed by atoms with Gasteiger partial charge in [-0.15, -0.1) is 11.3 Å². The fourth-order valence-corrected chi connectivity index (χ4v) is 2.52. The predicted octanol–water partition coefficient (Wildman–Crippen LogP) is 3.15. The van der Waals surface area contributed by atoms with Gasteiger partial charge in [0.1, 0.15) is 0 Å². The van der Waals surface area contributed by atoms with Gasteiger partial charge in [0.2, 0.25) is 0 Å². The molecule has 3 heteroatoms. The Hall–Kier alpha value is -0.600. The van der Waals surface area contributed by atoms with Crippen LogP contribution in [0.4, 0.5) is 0 Å². The van der Waals surface area contributed by atoms with Gasteiger partial charge >= 0.3 is 0 Å². The first kappa shape index (κ1) is 8.02. The minimum absolute atomic E-state index is 0.222. The predicted molar refractivity (Wildman–Crippen MR) is 51.5 cm³/mol. The molecule has 0 bridgehead atoms. The van der Waals surface area contributed by atoms with Crippen LogP contribution < -0.4 is 0 Å². The third-order valence-electron chi connectivity index (χ3n) is 1.88. The van der Waals surface area contributed by atoms with Gasteiger partial charge in [0, 0.05) is 12.0 Å². The first-order valence-electron chi connectivity index (χ1n) is 3.76. The lowest BCUT2D eigenvalue weighted by Crippen LogP contribution is -1.92. The quantitative estimate of drug-likeness (QED) is 0.678. The number of carbonyl (C=O) groups excluding carboxylic acids is 1. The normalized spacial score (nSPS) is 16.8. The average molecular weight is 199 g/mol. The molecular weight excluding hydrogens is 192 g/mol. The standard InChI is InChI=1S/C9H7ClOS/c10-7-4-5-12-9(7)6-2-1-3-8(6)11/h2,4-5H,1,3H2. The Balaban J connectivity index is 2.43. The minimum atomic E-state index is 0.222. The van der Waals surface area contributed by atoms with Gasteiger partial charge in [0.15, 0.2) is 5.78 Å². The zero-order valence-corrected chi connectivity index (χ0v) is 7.91. The van der Waals surface area contributed by atoms with Crippen molar-refractivity contribution in [3.63, 3.8) is 0 Å². The number of thiophene rings is 1. The molecule has 0 fully saturated rings. The lowest BCUT2D eigenvalue weighted by Gasteiger charge is -1.95. The lowest BCUT2D eigenvalue weighted by molar-refractivity contribution is -0.113. The molecule has 0 atom stereocenters. The maximum absolute atomic E-state index is 11.3. The molecule has 1 heterocycles. The molecule has 1 aliphatic carbocycles. The zero-order chi connectivity index (χ0) is 8.55. The van der Waals surface area contributed by atoms with E-state index in [0.717, 1.165) is 16.9 Å². The van der Waals surface area contributed by atoms with Crippen LogP contribution in [0.25, 0.3) is 5.57 Å². The molecule has 0 unspecified atom stereocenters. The summed E-state index contributed by atoms with van der Waals surface area (Å²) in [5.74, 6) is 0.222. The van der Waals surface area contributed by atoms with Crippen molar-refractivity contribution in [3.05, 3.63) is 27.4 Å². The van der Waals surface area contributed by atoms with Gasteiger partial charge in [0.05, 0.1) is 9.90 Å². The Kier molecular flexibility index (Phi) is 2.03. The largest absolute Gasteiger partial charge is 0.294 e. The molecule has 0 saturated carbocycles. The van der Waals surface area contributed by atoms with Gasteiger partial charge in [-0.1, -0.05) is 17.7 Å². The summed E-state index contributed by atoms with van der Waals surface area (Å²) < 4.78 is 0. The van der Waals surface area contributed by atoms with E-state index in [4.69, 9.17) is 11.6 Å². The van der Waals surface area contributed by atoms with Gasteiger partial charge in [-0.05, 0) is 17.9 Å². The number of hydrogen-bond donors (Lipinski definition) is 0. The molecule has 0 aromatic carbocycles. The SMILES string of the molecule is O=C1CCC=C1c1sccc1Cl. The molecule has 12 heavy (non-hydrogen) atoms. The Morgan fingerprint density at radius 1 is 1.50 bits per heavy atom. The summed E-state index contributed by atoms with van der Waals surface area (Å²) in [7, 11) is 0. The highest BCUT2D eigenvalue weighted by molar-refractivity contribution is 7.12. The molecule has 1 aliphatic rings. The van der Waals surface area contributed by atoms with Crippen LogP contribution in [0.2, 0.25) is 5.02 Å². The van der Waals surface area contributed by atoms with Gasteiger partial charge in [-0.2, -0.15) is 0 Å². The van der Waals surface area contributed by atoms with Crippen LogP contribution in [0.15, 0.2) is 17.5 Å². The van der Waals surface area contributed by atoms with Crippen molar-refractivity contribution in [1.82, 2.24) is 0 Å². The van der Waals surface area contributed by atoms with Crippen LogP contribution in [-0.2, 0) is 4.79 Å². The maximum Gasteiger partial charge on any atom is 0.164 e. The fraction of sp³-hybridized carbons (Fsp3) is 0.222. The van der Waals surface area contributed by atoms with E-state index in [2.05, 4.69) is 0 Å². The van der Waals surface area contributed by atoms with Crippen LogP contribution in [-0.4, -0.2) is 5.78 Å². The second kappa shape index (κ2) is 3.04. The highest BCUT2D eigenvalue weighted by Gasteiger charge is 2.19. The van der Waals surface area contributed by atoms with Crippen molar-refractivity contribution in [2.24, 2.45) is 0 Å². The van der Waals surface area contributed by atoms with Crippen LogP contribution in [0.3, 0.4) is 0 Å². The molecule has 0 N–H and O–H groups in total. The Bertz CT molecular complexity index is 351. The number of Topliss-reactive ketones (excluding diaryl/α,β-unsaturated/α-hetero) is 1. The van der Waals surface area contributed by atoms with Crippen molar-refractivity contribution >= 4 is 34.3 Å². The van der Waals surface area contributed by atoms with Crippen molar-refractivity contribution in [3.8, 4) is 0 Å². The van der Waals surface area contributed by atoms with Crippen LogP contribution in [0, 0.1) is 0 Å². The smallest absolute Gasteiger partial charge is 0.164 e. The molecule has 0 spiro atoms. The van der Waals surface area contributed by atoms with E-state index in [1.165, 1.54) is 11.3 Å². The maximum atomic E-state index is 11.3. The summed E-state index contributed by atoms with van der Waals surface area (Å²) in [5, 5.41) is 2.60. The molecule has 0 radical (unpaired) electrons. The second-order valence-corrected chi connectivity index (χ2v) is 4.00. The third kappa shape index (κ3) is 1.21. The number of halogens is 1. The van der Waals surface area contributed by atoms with Gasteiger partial charge in [-0.3, -0.25) is 4.79 Å². The molecule has 0 amide bonds. The number of carbonyl (C=O) groups is 1. The fourth-order valence-electron chi connectivity index (χ4n) is 1.30. The number of ketones is 1. The highest BCUT2D eigenvalue weighted by Crippen LogP contribution is 2.33. The van der Waals surface area contributed by atoms with Crippen LogP contribution in [0.1, 0.15) is 17.7 Å². The van der Waals surface area contributed by atoms with E-state index in [1.807, 2.05) is 17.5 Å². The summed E-state index contributed by atoms with van der Waals surface area (Å²) in [5.41, 5.74) is 0.815. The van der Waals surface area contributed by atoms with E-state index in [1.54, 1.807) is 0 Å². The van der Waals surface area contributed by atoms with Gasteiger partial charge in [-0.25, -0.2) is 0 Å². The van der Waals surface area contributed by atoms with Crippen LogP contribution >= 0.6 is 22.9 Å². The Morgan fingerprint density at radius 2 is 2.33 bits per heavy atom. The second-order valence-electron chi connectivity index (χ2n) is 2.68. The van der Waals surface area contributed by atoms with E-state index >= 15 is 0 Å². The lowest BCUT2D eigenvalue weighted by atomic mass is 10.2. The van der Waals surface area contributed by atoms with E-state index in [9.17, 15) is 4.79 Å². The average Bonchev–Trinajstić information content (AvgIpc) is 2.59. The van der Waals surface area contributed by atoms with Crippen molar-refractivity contribution in [2.45, 2.75) is 12.8 Å². The monoisotopic (exact) mass is 198 g/mol. The molecule has 0 aliphatic heterocycles. The molecular formula is C9H7ClOS. The molecule has 62 valence electrons. The molecule has 2 rings (SSSR count). The van der Waals surface area contributed by atoms with Crippen molar-refractivity contribution in [2.75, 3.05) is 0 Å². The van der Waals surface area contributed by atoms with E-state index in [-0.39, 0.29) is 5.78 Å². The van der Waals surface area contributed by atoms with Gasteiger partial charge in [0.25, 0.3) is 0 Å². The van der Waals surface area contributed by atoms with E-state index in [0.29, 0.717) is 11.4 Å². The van der Waals surface area contributed by atoms with Gasteiger partial charge < -0.3 is 0 Å². The highest BCUT2D eigenvalue weighted by atomic mass is 35.5. The Labute approximate surface area is 79.7 Å². The third-order valence-corrected chi connectivity index (χ3v) is 3.26. The number of rotatable bonds is 1. The first-order chi connectivity index (χ1) is 5.79. The van der Waals surface area contributed by atoms with Crippen molar-refractivity contribution < 1.29 is 4.79 Å². The summed E-state index contributed by atoms with van der Waals surface area (Å²) >= 11 is 7.43. The topological polar surface area (TPSA) is 17.1 Å². The molecule has 1 aromatic heterocycles. The summed E-state index contributed by atoms with van der Waals surface area (Å²) in [6.07, 6.45) is 3.48. The first-order valence-corrected chi connectivity index (χ1v) is 5.01. The number of allylic oxidation sites excluding steroid dienone is 2. The number of hydrogen-bond acceptors (Lipinski definition) is 2. The summed E-state index contributed by atoms with van der Waals surface area (Å²) in [6.45, 7) is 0. The summed E-state index contributed by atoms with van der Waals surface area (Å²) in [4.78, 5) is 12.2. The minimum Gasteiger partial charge on any atom is -0.294 e. The Morgan fingerprint density at radius 3 is 2.83 bits per heavy atom. The van der Waals surface area contributed by atoms with Crippen LogP contribution in [0.5, 0.6) is 0 Å². The zero-order valence-electron chi connectivity index (χ0n) is 6.34. The molecule has 1 aromatic rings. The molecule has 0 saturated heterocycles. The molecule has 1 nitrogen and oxygen atoms in total. The van der Waals surface area contributed by atoms with E-state index < -0.39 is 0 Å². The van der Waals surface area contributed by atoms with Crippen molar-refractivity contribution in [1.29, 1.82) is 0 Å².